The molecule has 2 N–H and O–H groups in total. The highest BCUT2D eigenvalue weighted by atomic mass is 16.2. The minimum absolute atomic E-state index is 0.0404. The molecule has 164 valence electrons. The Balaban J connectivity index is 1.51. The Labute approximate surface area is 183 Å². The molecule has 0 radical (unpaired) electrons. The minimum Gasteiger partial charge on any atom is -0.376 e. The lowest BCUT2D eigenvalue weighted by atomic mass is 9.98. The summed E-state index contributed by atoms with van der Waals surface area (Å²) in [5.41, 5.74) is 2.51. The molecule has 3 amide bonds. The first-order valence-corrected chi connectivity index (χ1v) is 10.6. The van der Waals surface area contributed by atoms with E-state index in [4.69, 9.17) is 0 Å². The largest absolute Gasteiger partial charge is 0.376 e. The van der Waals surface area contributed by atoms with E-state index in [1.807, 2.05) is 11.0 Å². The Hall–Kier alpha value is -3.35. The fourth-order valence-corrected chi connectivity index (χ4v) is 3.50. The lowest BCUT2D eigenvalue weighted by Gasteiger charge is -2.30. The van der Waals surface area contributed by atoms with Crippen LogP contribution in [-0.2, 0) is 4.79 Å². The third-order valence-electron chi connectivity index (χ3n) is 5.46. The first-order valence-electron chi connectivity index (χ1n) is 10.6. The van der Waals surface area contributed by atoms with E-state index >= 15 is 0 Å². The van der Waals surface area contributed by atoms with Gasteiger partial charge in [-0.3, -0.25) is 14.4 Å². The van der Waals surface area contributed by atoms with Gasteiger partial charge in [0.2, 0.25) is 5.91 Å². The topological polar surface area (TPSA) is 81.8 Å². The van der Waals surface area contributed by atoms with Crippen molar-refractivity contribution in [2.75, 3.05) is 44.4 Å². The van der Waals surface area contributed by atoms with Gasteiger partial charge in [-0.2, -0.15) is 0 Å². The van der Waals surface area contributed by atoms with Crippen molar-refractivity contribution < 1.29 is 14.4 Å². The van der Waals surface area contributed by atoms with Crippen LogP contribution in [0.25, 0.3) is 0 Å². The van der Waals surface area contributed by atoms with Crippen LogP contribution in [-0.4, -0.2) is 61.3 Å². The number of anilines is 2. The summed E-state index contributed by atoms with van der Waals surface area (Å²) in [4.78, 5) is 40.4. The number of carbonyl (C=O) groups excluding carboxylic acids is 3. The van der Waals surface area contributed by atoms with Gasteiger partial charge >= 0.3 is 0 Å². The summed E-state index contributed by atoms with van der Waals surface area (Å²) in [7, 11) is 3.39. The van der Waals surface area contributed by atoms with Crippen molar-refractivity contribution in [2.45, 2.75) is 19.8 Å². The molecular weight excluding hydrogens is 392 g/mol. The van der Waals surface area contributed by atoms with E-state index in [9.17, 15) is 14.4 Å². The molecule has 0 aromatic heterocycles. The first kappa shape index (κ1) is 22.3. The highest BCUT2D eigenvalue weighted by molar-refractivity contribution is 5.97. The van der Waals surface area contributed by atoms with Gasteiger partial charge in [0.1, 0.15) is 0 Å². The predicted molar refractivity (Wildman–Crippen MR) is 122 cm³/mol. The molecule has 1 aliphatic rings. The molecule has 1 fully saturated rings. The zero-order valence-electron chi connectivity index (χ0n) is 18.4. The van der Waals surface area contributed by atoms with Crippen LogP contribution in [0.3, 0.4) is 0 Å². The fourth-order valence-electron chi connectivity index (χ4n) is 3.50. The van der Waals surface area contributed by atoms with E-state index in [1.54, 1.807) is 56.6 Å². The van der Waals surface area contributed by atoms with Crippen molar-refractivity contribution in [3.63, 3.8) is 0 Å². The summed E-state index contributed by atoms with van der Waals surface area (Å²) in [5.74, 6) is 0.403. The maximum absolute atomic E-state index is 12.6. The number of benzene rings is 2. The molecule has 2 aromatic rings. The second kappa shape index (κ2) is 10.1. The van der Waals surface area contributed by atoms with E-state index in [0.717, 1.165) is 25.9 Å². The summed E-state index contributed by atoms with van der Waals surface area (Å²) >= 11 is 0. The molecule has 7 nitrogen and oxygen atoms in total. The van der Waals surface area contributed by atoms with Crippen molar-refractivity contribution >= 4 is 29.1 Å². The highest BCUT2D eigenvalue weighted by Crippen LogP contribution is 2.19. The van der Waals surface area contributed by atoms with Gasteiger partial charge in [-0.25, -0.2) is 0 Å². The van der Waals surface area contributed by atoms with Gasteiger partial charge in [0.15, 0.2) is 0 Å². The van der Waals surface area contributed by atoms with Gasteiger partial charge in [0, 0.05) is 49.7 Å². The van der Waals surface area contributed by atoms with Crippen molar-refractivity contribution in [3.05, 3.63) is 59.7 Å². The molecule has 0 bridgehead atoms. The van der Waals surface area contributed by atoms with Gasteiger partial charge in [0.25, 0.3) is 11.8 Å². The Morgan fingerprint density at radius 2 is 1.65 bits per heavy atom. The van der Waals surface area contributed by atoms with Gasteiger partial charge < -0.3 is 20.4 Å². The molecule has 2 aromatic carbocycles. The summed E-state index contributed by atoms with van der Waals surface area (Å²) in [6.07, 6.45) is 2.08. The molecule has 0 atom stereocenters. The molecule has 3 rings (SSSR count). The molecule has 31 heavy (non-hydrogen) atoms. The van der Waals surface area contributed by atoms with Crippen molar-refractivity contribution in [1.82, 2.24) is 9.80 Å². The van der Waals surface area contributed by atoms with E-state index in [1.165, 1.54) is 4.90 Å². The van der Waals surface area contributed by atoms with Gasteiger partial charge in [-0.05, 0) is 61.2 Å². The van der Waals surface area contributed by atoms with Crippen LogP contribution in [0.5, 0.6) is 0 Å². The van der Waals surface area contributed by atoms with Gasteiger partial charge in [-0.1, -0.05) is 13.0 Å². The lowest BCUT2D eigenvalue weighted by molar-refractivity contribution is -0.114. The molecule has 7 heteroatoms. The summed E-state index contributed by atoms with van der Waals surface area (Å²) < 4.78 is 0. The van der Waals surface area contributed by atoms with Crippen LogP contribution >= 0.6 is 0 Å². The van der Waals surface area contributed by atoms with Crippen LogP contribution in [0.4, 0.5) is 11.4 Å². The average molecular weight is 423 g/mol. The summed E-state index contributed by atoms with van der Waals surface area (Å²) in [5, 5.41) is 5.85. The van der Waals surface area contributed by atoms with Crippen molar-refractivity contribution in [2.24, 2.45) is 5.92 Å². The van der Waals surface area contributed by atoms with E-state index < -0.39 is 0 Å². The van der Waals surface area contributed by atoms with Gasteiger partial charge in [0.05, 0.1) is 6.54 Å². The molecule has 0 spiro atoms. The minimum atomic E-state index is -0.214. The Morgan fingerprint density at radius 1 is 0.968 bits per heavy atom. The van der Waals surface area contributed by atoms with Gasteiger partial charge in [-0.15, -0.1) is 0 Å². The number of hydrogen-bond donors (Lipinski definition) is 2. The maximum Gasteiger partial charge on any atom is 0.253 e. The SMILES string of the molecule is CC1CCN(C(=O)c2ccc(NC(=O)CNc3cccc(C(=O)N(C)C)c3)cc2)CC1. The number of amides is 3. The smallest absolute Gasteiger partial charge is 0.253 e. The Bertz CT molecular complexity index is 932. The molecule has 1 saturated heterocycles. The number of hydrogen-bond acceptors (Lipinski definition) is 4. The third-order valence-corrected chi connectivity index (χ3v) is 5.46. The fraction of sp³-hybridized carbons (Fsp3) is 0.375. The Morgan fingerprint density at radius 3 is 2.29 bits per heavy atom. The predicted octanol–water partition coefficient (Wildman–Crippen LogP) is 3.31. The number of piperidine rings is 1. The zero-order valence-corrected chi connectivity index (χ0v) is 18.4. The van der Waals surface area contributed by atoms with Crippen LogP contribution in [0.2, 0.25) is 0 Å². The highest BCUT2D eigenvalue weighted by Gasteiger charge is 2.21. The molecule has 1 heterocycles. The number of nitrogens with one attached hydrogen (secondary N) is 2. The molecule has 0 aliphatic carbocycles. The quantitative estimate of drug-likeness (QED) is 0.748. The summed E-state index contributed by atoms with van der Waals surface area (Å²) in [6.45, 7) is 3.87. The molecular formula is C24H30N4O3. The van der Waals surface area contributed by atoms with Crippen molar-refractivity contribution in [1.29, 1.82) is 0 Å². The molecule has 0 saturated carbocycles. The lowest BCUT2D eigenvalue weighted by Crippen LogP contribution is -2.37. The normalized spacial score (nSPS) is 14.1. The third kappa shape index (κ3) is 6.07. The molecule has 1 aliphatic heterocycles. The number of rotatable bonds is 6. The Kier molecular flexibility index (Phi) is 7.28. The maximum atomic E-state index is 12.6. The first-order chi connectivity index (χ1) is 14.8. The number of carbonyl (C=O) groups is 3. The standard InChI is InChI=1S/C24H30N4O3/c1-17-11-13-28(14-12-17)24(31)18-7-9-20(10-8-18)26-22(29)16-25-21-6-4-5-19(15-21)23(30)27(2)3/h4-10,15,17,25H,11-14,16H2,1-3H3,(H,26,29). The van der Waals surface area contributed by atoms with Crippen LogP contribution in [0, 0.1) is 5.92 Å². The number of nitrogens with zero attached hydrogens (tertiary/aromatic N) is 2. The van der Waals surface area contributed by atoms with Crippen molar-refractivity contribution in [3.8, 4) is 0 Å². The second-order valence-corrected chi connectivity index (χ2v) is 8.23. The van der Waals surface area contributed by atoms with E-state index in [0.29, 0.717) is 28.4 Å². The zero-order chi connectivity index (χ0) is 22.4. The summed E-state index contributed by atoms with van der Waals surface area (Å²) in [6, 6.07) is 14.0. The van der Waals surface area contributed by atoms with Crippen LogP contribution < -0.4 is 10.6 Å². The second-order valence-electron chi connectivity index (χ2n) is 8.23. The van der Waals surface area contributed by atoms with Crippen LogP contribution in [0.15, 0.2) is 48.5 Å². The number of likely N-dealkylation sites (tertiary alicyclic amines) is 1. The van der Waals surface area contributed by atoms with E-state index in [-0.39, 0.29) is 24.3 Å². The monoisotopic (exact) mass is 422 g/mol. The van der Waals surface area contributed by atoms with Crippen LogP contribution in [0.1, 0.15) is 40.5 Å². The molecule has 0 unspecified atom stereocenters. The van der Waals surface area contributed by atoms with E-state index in [2.05, 4.69) is 17.6 Å². The average Bonchev–Trinajstić information content (AvgIpc) is 2.78.